The molecule has 0 aliphatic rings. The molecule has 1 atom stereocenters. The number of aryl methyl sites for hydroxylation is 1. The lowest BCUT2D eigenvalue weighted by Crippen LogP contribution is -2.25. The number of aromatic nitrogens is 2. The van der Waals surface area contributed by atoms with Gasteiger partial charge in [0.1, 0.15) is 5.82 Å². The largest absolute Gasteiger partial charge is 0.307 e. The Kier molecular flexibility index (Phi) is 4.84. The predicted octanol–water partition coefficient (Wildman–Crippen LogP) is 3.13. The summed E-state index contributed by atoms with van der Waals surface area (Å²) in [6.07, 6.45) is 5.84. The molecule has 0 spiro atoms. The van der Waals surface area contributed by atoms with Gasteiger partial charge >= 0.3 is 0 Å². The van der Waals surface area contributed by atoms with Gasteiger partial charge in [-0.3, -0.25) is 0 Å². The smallest absolute Gasteiger partial charge is 0.145 e. The summed E-state index contributed by atoms with van der Waals surface area (Å²) in [6.45, 7) is 5.17. The Labute approximate surface area is 112 Å². The number of nitrogens with one attached hydrogen (secondary N) is 1. The lowest BCUT2D eigenvalue weighted by Gasteiger charge is -2.16. The van der Waals surface area contributed by atoms with Crippen molar-refractivity contribution < 1.29 is 0 Å². The summed E-state index contributed by atoms with van der Waals surface area (Å²) in [5.74, 6) is 0.889. The summed E-state index contributed by atoms with van der Waals surface area (Å²) < 4.78 is 0. The summed E-state index contributed by atoms with van der Waals surface area (Å²) in [6, 6.07) is 2.37. The molecule has 2 aromatic rings. The third-order valence-corrected chi connectivity index (χ3v) is 3.51. The fraction of sp³-hybridized carbons (Fsp3) is 0.429. The van der Waals surface area contributed by atoms with Crippen molar-refractivity contribution in [2.75, 3.05) is 6.54 Å². The van der Waals surface area contributed by atoms with Crippen LogP contribution in [0.1, 0.15) is 36.3 Å². The summed E-state index contributed by atoms with van der Waals surface area (Å²) in [7, 11) is 0. The first-order chi connectivity index (χ1) is 8.79. The average molecular weight is 261 g/mol. The van der Waals surface area contributed by atoms with Crippen LogP contribution in [-0.4, -0.2) is 16.5 Å². The van der Waals surface area contributed by atoms with Gasteiger partial charge in [-0.25, -0.2) is 9.97 Å². The monoisotopic (exact) mass is 261 g/mol. The Bertz CT molecular complexity index is 450. The van der Waals surface area contributed by atoms with E-state index in [1.165, 1.54) is 5.56 Å². The van der Waals surface area contributed by atoms with E-state index in [1.54, 1.807) is 11.3 Å². The molecule has 0 saturated heterocycles. The summed E-state index contributed by atoms with van der Waals surface area (Å²) in [5.41, 5.74) is 2.45. The minimum Gasteiger partial charge on any atom is -0.307 e. The molecule has 18 heavy (non-hydrogen) atoms. The zero-order chi connectivity index (χ0) is 12.8. The first kappa shape index (κ1) is 13.2. The average Bonchev–Trinajstić information content (AvgIpc) is 2.88. The normalized spacial score (nSPS) is 12.6. The molecular weight excluding hydrogens is 242 g/mol. The van der Waals surface area contributed by atoms with Crippen LogP contribution in [-0.2, 0) is 6.42 Å². The Hall–Kier alpha value is -1.26. The molecule has 0 radical (unpaired) electrons. The third kappa shape index (κ3) is 3.62. The van der Waals surface area contributed by atoms with E-state index in [9.17, 15) is 0 Å². The van der Waals surface area contributed by atoms with E-state index in [2.05, 4.69) is 39.0 Å². The molecule has 4 heteroatoms. The molecule has 0 aromatic carbocycles. The molecule has 0 fully saturated rings. The molecule has 96 valence electrons. The van der Waals surface area contributed by atoms with Gasteiger partial charge in [-0.1, -0.05) is 6.92 Å². The van der Waals surface area contributed by atoms with Crippen LogP contribution in [0.25, 0.3) is 0 Å². The Morgan fingerprint density at radius 1 is 1.33 bits per heavy atom. The Morgan fingerprint density at radius 3 is 2.72 bits per heavy atom. The second kappa shape index (κ2) is 6.61. The van der Waals surface area contributed by atoms with Crippen LogP contribution < -0.4 is 5.32 Å². The van der Waals surface area contributed by atoms with Crippen molar-refractivity contribution in [3.8, 4) is 0 Å². The van der Waals surface area contributed by atoms with Crippen molar-refractivity contribution in [2.45, 2.75) is 32.7 Å². The molecule has 0 amide bonds. The van der Waals surface area contributed by atoms with Crippen LogP contribution in [0.2, 0.25) is 0 Å². The van der Waals surface area contributed by atoms with Crippen LogP contribution in [0.5, 0.6) is 0 Å². The highest BCUT2D eigenvalue weighted by Crippen LogP contribution is 2.17. The SMILES string of the molecule is CCCNC(Cc1ccsc1)c1ncc(C)cn1. The van der Waals surface area contributed by atoms with Gasteiger partial charge in [0, 0.05) is 12.4 Å². The van der Waals surface area contributed by atoms with Crippen LogP contribution >= 0.6 is 11.3 Å². The second-order valence-electron chi connectivity index (χ2n) is 4.46. The van der Waals surface area contributed by atoms with E-state index in [0.717, 1.165) is 30.8 Å². The molecule has 1 N–H and O–H groups in total. The van der Waals surface area contributed by atoms with Crippen LogP contribution in [0.4, 0.5) is 0 Å². The Morgan fingerprint density at radius 2 is 2.11 bits per heavy atom. The van der Waals surface area contributed by atoms with Crippen LogP contribution in [0.3, 0.4) is 0 Å². The van der Waals surface area contributed by atoms with Crippen molar-refractivity contribution in [1.82, 2.24) is 15.3 Å². The van der Waals surface area contributed by atoms with E-state index in [-0.39, 0.29) is 6.04 Å². The molecule has 2 heterocycles. The molecule has 0 aliphatic heterocycles. The highest BCUT2D eigenvalue weighted by atomic mass is 32.1. The first-order valence-electron chi connectivity index (χ1n) is 6.32. The van der Waals surface area contributed by atoms with Gasteiger partial charge in [-0.05, 0) is 54.3 Å². The van der Waals surface area contributed by atoms with Gasteiger partial charge in [-0.2, -0.15) is 11.3 Å². The van der Waals surface area contributed by atoms with E-state index in [1.807, 2.05) is 19.3 Å². The number of hydrogen-bond donors (Lipinski definition) is 1. The van der Waals surface area contributed by atoms with Crippen molar-refractivity contribution in [3.05, 3.63) is 46.2 Å². The Balaban J connectivity index is 2.11. The zero-order valence-electron chi connectivity index (χ0n) is 10.9. The minimum absolute atomic E-state index is 0.208. The molecular formula is C14H19N3S. The van der Waals surface area contributed by atoms with Gasteiger partial charge in [0.15, 0.2) is 0 Å². The minimum atomic E-state index is 0.208. The summed E-state index contributed by atoms with van der Waals surface area (Å²) in [5, 5.41) is 7.83. The van der Waals surface area contributed by atoms with E-state index in [4.69, 9.17) is 0 Å². The number of thiophene rings is 1. The highest BCUT2D eigenvalue weighted by Gasteiger charge is 2.14. The molecule has 0 bridgehead atoms. The fourth-order valence-electron chi connectivity index (χ4n) is 1.80. The first-order valence-corrected chi connectivity index (χ1v) is 7.27. The zero-order valence-corrected chi connectivity index (χ0v) is 11.7. The fourth-order valence-corrected chi connectivity index (χ4v) is 2.48. The quantitative estimate of drug-likeness (QED) is 0.868. The topological polar surface area (TPSA) is 37.8 Å². The van der Waals surface area contributed by atoms with Crippen molar-refractivity contribution in [3.63, 3.8) is 0 Å². The van der Waals surface area contributed by atoms with Gasteiger partial charge < -0.3 is 5.32 Å². The summed E-state index contributed by atoms with van der Waals surface area (Å²) >= 11 is 1.73. The standard InChI is InChI=1S/C14H19N3S/c1-3-5-15-13(7-12-4-6-18-10-12)14-16-8-11(2)9-17-14/h4,6,8-10,13,15H,3,5,7H2,1-2H3. The molecule has 0 saturated carbocycles. The maximum atomic E-state index is 4.44. The van der Waals surface area contributed by atoms with Crippen LogP contribution in [0, 0.1) is 6.92 Å². The molecule has 3 nitrogen and oxygen atoms in total. The van der Waals surface area contributed by atoms with E-state index < -0.39 is 0 Å². The molecule has 0 aliphatic carbocycles. The van der Waals surface area contributed by atoms with Gasteiger partial charge in [0.2, 0.25) is 0 Å². The number of rotatable bonds is 6. The predicted molar refractivity (Wildman–Crippen MR) is 75.8 cm³/mol. The van der Waals surface area contributed by atoms with Crippen molar-refractivity contribution >= 4 is 11.3 Å². The highest BCUT2D eigenvalue weighted by molar-refractivity contribution is 7.07. The number of nitrogens with zero attached hydrogens (tertiary/aromatic N) is 2. The molecule has 2 rings (SSSR count). The second-order valence-corrected chi connectivity index (χ2v) is 5.24. The van der Waals surface area contributed by atoms with Crippen LogP contribution in [0.15, 0.2) is 29.2 Å². The summed E-state index contributed by atoms with van der Waals surface area (Å²) in [4.78, 5) is 8.88. The van der Waals surface area contributed by atoms with E-state index in [0.29, 0.717) is 0 Å². The van der Waals surface area contributed by atoms with Crippen molar-refractivity contribution in [2.24, 2.45) is 0 Å². The van der Waals surface area contributed by atoms with Gasteiger partial charge in [-0.15, -0.1) is 0 Å². The third-order valence-electron chi connectivity index (χ3n) is 2.77. The lowest BCUT2D eigenvalue weighted by atomic mass is 10.1. The maximum absolute atomic E-state index is 4.44. The van der Waals surface area contributed by atoms with Gasteiger partial charge in [0.05, 0.1) is 6.04 Å². The van der Waals surface area contributed by atoms with E-state index >= 15 is 0 Å². The maximum Gasteiger partial charge on any atom is 0.145 e. The lowest BCUT2D eigenvalue weighted by molar-refractivity contribution is 0.504. The van der Waals surface area contributed by atoms with Gasteiger partial charge in [0.25, 0.3) is 0 Å². The van der Waals surface area contributed by atoms with Crippen molar-refractivity contribution in [1.29, 1.82) is 0 Å². The number of hydrogen-bond acceptors (Lipinski definition) is 4. The molecule has 1 unspecified atom stereocenters. The molecule has 2 aromatic heterocycles.